The Hall–Kier alpha value is -2.50. The lowest BCUT2D eigenvalue weighted by Crippen LogP contribution is -2.14. The van der Waals surface area contributed by atoms with E-state index in [0.717, 1.165) is 0 Å². The predicted octanol–water partition coefficient (Wildman–Crippen LogP) is 1.67. The highest BCUT2D eigenvalue weighted by Gasteiger charge is 2.03. The number of amides is 1. The molecule has 0 saturated carbocycles. The van der Waals surface area contributed by atoms with Crippen LogP contribution in [0.15, 0.2) is 43.0 Å². The number of carbonyl (C=O) groups is 1. The van der Waals surface area contributed by atoms with E-state index in [0.29, 0.717) is 31.1 Å². The number of hydrogen-bond donors (Lipinski definition) is 1. The smallest absolute Gasteiger partial charge is 0.229 e. The fourth-order valence-corrected chi connectivity index (χ4v) is 1.41. The zero-order valence-electron chi connectivity index (χ0n) is 10.3. The summed E-state index contributed by atoms with van der Waals surface area (Å²) in [7, 11) is 0. The molecule has 0 aliphatic rings. The second kappa shape index (κ2) is 7.05. The molecular formula is C13H14N4O2. The van der Waals surface area contributed by atoms with Crippen LogP contribution in [-0.2, 0) is 4.79 Å². The van der Waals surface area contributed by atoms with Crippen molar-refractivity contribution >= 4 is 11.9 Å². The standard InChI is InChI=1S/C13H14N4O2/c18-12(17-13-15-7-3-8-16-13)5-2-9-19-11-4-1-6-14-10-11/h1,3-4,6-8,10H,2,5,9H2,(H,15,16,17,18). The van der Waals surface area contributed by atoms with E-state index in [9.17, 15) is 4.79 Å². The van der Waals surface area contributed by atoms with Gasteiger partial charge in [-0.05, 0) is 24.6 Å². The van der Waals surface area contributed by atoms with Crippen molar-refractivity contribution < 1.29 is 9.53 Å². The van der Waals surface area contributed by atoms with Gasteiger partial charge in [0.2, 0.25) is 11.9 Å². The molecular weight excluding hydrogens is 244 g/mol. The van der Waals surface area contributed by atoms with Gasteiger partial charge in [-0.15, -0.1) is 0 Å². The lowest BCUT2D eigenvalue weighted by atomic mass is 10.3. The summed E-state index contributed by atoms with van der Waals surface area (Å²) in [5.41, 5.74) is 0. The number of carbonyl (C=O) groups excluding carboxylic acids is 1. The molecule has 0 aromatic carbocycles. The van der Waals surface area contributed by atoms with Crippen LogP contribution in [0.2, 0.25) is 0 Å². The molecule has 2 heterocycles. The minimum atomic E-state index is -0.124. The van der Waals surface area contributed by atoms with Crippen LogP contribution in [0.25, 0.3) is 0 Å². The van der Waals surface area contributed by atoms with Gasteiger partial charge in [0.05, 0.1) is 12.8 Å². The predicted molar refractivity (Wildman–Crippen MR) is 69.6 cm³/mol. The minimum Gasteiger partial charge on any atom is -0.492 e. The first kappa shape index (κ1) is 12.9. The summed E-state index contributed by atoms with van der Waals surface area (Å²) in [4.78, 5) is 23.3. The number of aromatic nitrogens is 3. The van der Waals surface area contributed by atoms with Gasteiger partial charge in [-0.25, -0.2) is 9.97 Å². The molecule has 0 aliphatic carbocycles. The van der Waals surface area contributed by atoms with Crippen molar-refractivity contribution in [3.8, 4) is 5.75 Å². The Kier molecular flexibility index (Phi) is 4.80. The van der Waals surface area contributed by atoms with E-state index < -0.39 is 0 Å². The molecule has 0 radical (unpaired) electrons. The van der Waals surface area contributed by atoms with E-state index >= 15 is 0 Å². The summed E-state index contributed by atoms with van der Waals surface area (Å²) in [5, 5.41) is 2.61. The molecule has 6 nitrogen and oxygen atoms in total. The van der Waals surface area contributed by atoms with Crippen molar-refractivity contribution in [3.05, 3.63) is 43.0 Å². The normalized spacial score (nSPS) is 9.89. The molecule has 0 bridgehead atoms. The van der Waals surface area contributed by atoms with Crippen LogP contribution in [0, 0.1) is 0 Å². The second-order valence-electron chi connectivity index (χ2n) is 3.76. The summed E-state index contributed by atoms with van der Waals surface area (Å²) in [6.45, 7) is 0.467. The summed E-state index contributed by atoms with van der Waals surface area (Å²) in [5.74, 6) is 0.899. The highest BCUT2D eigenvalue weighted by molar-refractivity contribution is 5.88. The molecule has 0 spiro atoms. The fraction of sp³-hybridized carbons (Fsp3) is 0.231. The maximum Gasteiger partial charge on any atom is 0.229 e. The van der Waals surface area contributed by atoms with E-state index in [4.69, 9.17) is 4.74 Å². The highest BCUT2D eigenvalue weighted by atomic mass is 16.5. The molecule has 0 saturated heterocycles. The van der Waals surface area contributed by atoms with E-state index in [1.165, 1.54) is 0 Å². The van der Waals surface area contributed by atoms with Crippen LogP contribution in [0.1, 0.15) is 12.8 Å². The molecule has 0 unspecified atom stereocenters. The summed E-state index contributed by atoms with van der Waals surface area (Å²) < 4.78 is 5.43. The zero-order chi connectivity index (χ0) is 13.3. The van der Waals surface area contributed by atoms with Crippen molar-refractivity contribution in [3.63, 3.8) is 0 Å². The Morgan fingerprint density at radius 2 is 2.05 bits per heavy atom. The first-order chi connectivity index (χ1) is 9.34. The lowest BCUT2D eigenvalue weighted by molar-refractivity contribution is -0.116. The van der Waals surface area contributed by atoms with Gasteiger partial charge in [0.15, 0.2) is 0 Å². The lowest BCUT2D eigenvalue weighted by Gasteiger charge is -2.05. The van der Waals surface area contributed by atoms with Gasteiger partial charge in [0.1, 0.15) is 5.75 Å². The number of nitrogens with zero attached hydrogens (tertiary/aromatic N) is 3. The second-order valence-corrected chi connectivity index (χ2v) is 3.76. The maximum atomic E-state index is 11.6. The van der Waals surface area contributed by atoms with Crippen LogP contribution in [0.3, 0.4) is 0 Å². The van der Waals surface area contributed by atoms with Crippen LogP contribution in [0.5, 0.6) is 5.75 Å². The topological polar surface area (TPSA) is 77.0 Å². The Labute approximate surface area is 110 Å². The third-order valence-electron chi connectivity index (χ3n) is 2.27. The Bertz CT molecular complexity index is 505. The summed E-state index contributed by atoms with van der Waals surface area (Å²) in [6.07, 6.45) is 7.45. The number of rotatable bonds is 6. The minimum absolute atomic E-state index is 0.124. The first-order valence-corrected chi connectivity index (χ1v) is 5.94. The van der Waals surface area contributed by atoms with Gasteiger partial charge in [-0.2, -0.15) is 0 Å². The third kappa shape index (κ3) is 4.71. The quantitative estimate of drug-likeness (QED) is 0.797. The molecule has 2 aromatic heterocycles. The average molecular weight is 258 g/mol. The van der Waals surface area contributed by atoms with Crippen LogP contribution < -0.4 is 10.1 Å². The Balaban J connectivity index is 1.65. The highest BCUT2D eigenvalue weighted by Crippen LogP contribution is 2.07. The van der Waals surface area contributed by atoms with E-state index in [2.05, 4.69) is 20.3 Å². The largest absolute Gasteiger partial charge is 0.492 e. The van der Waals surface area contributed by atoms with Gasteiger partial charge < -0.3 is 4.74 Å². The molecule has 1 N–H and O–H groups in total. The number of hydrogen-bond acceptors (Lipinski definition) is 5. The molecule has 2 rings (SSSR count). The molecule has 0 atom stereocenters. The van der Waals surface area contributed by atoms with Crippen molar-refractivity contribution in [1.82, 2.24) is 15.0 Å². The SMILES string of the molecule is O=C(CCCOc1cccnc1)Nc1ncccn1. The van der Waals surface area contributed by atoms with Crippen LogP contribution in [0.4, 0.5) is 5.95 Å². The van der Waals surface area contributed by atoms with Crippen molar-refractivity contribution in [2.75, 3.05) is 11.9 Å². The van der Waals surface area contributed by atoms with Crippen LogP contribution in [-0.4, -0.2) is 27.5 Å². The molecule has 2 aromatic rings. The van der Waals surface area contributed by atoms with E-state index in [-0.39, 0.29) is 5.91 Å². The molecule has 19 heavy (non-hydrogen) atoms. The molecule has 98 valence electrons. The number of nitrogens with one attached hydrogen (secondary N) is 1. The van der Waals surface area contributed by atoms with E-state index in [1.54, 1.807) is 36.9 Å². The summed E-state index contributed by atoms with van der Waals surface area (Å²) in [6, 6.07) is 5.32. The van der Waals surface area contributed by atoms with E-state index in [1.807, 2.05) is 6.07 Å². The molecule has 1 amide bonds. The van der Waals surface area contributed by atoms with Gasteiger partial charge in [-0.3, -0.25) is 15.1 Å². The van der Waals surface area contributed by atoms with Crippen LogP contribution >= 0.6 is 0 Å². The fourth-order valence-electron chi connectivity index (χ4n) is 1.41. The number of ether oxygens (including phenoxy) is 1. The average Bonchev–Trinajstić information content (AvgIpc) is 2.46. The number of anilines is 1. The third-order valence-corrected chi connectivity index (χ3v) is 2.27. The van der Waals surface area contributed by atoms with Gasteiger partial charge in [0, 0.05) is 25.0 Å². The Morgan fingerprint density at radius 1 is 1.21 bits per heavy atom. The Morgan fingerprint density at radius 3 is 2.79 bits per heavy atom. The van der Waals surface area contributed by atoms with Gasteiger partial charge in [-0.1, -0.05) is 0 Å². The summed E-state index contributed by atoms with van der Waals surface area (Å²) >= 11 is 0. The molecule has 0 fully saturated rings. The maximum absolute atomic E-state index is 11.6. The van der Waals surface area contributed by atoms with Crippen molar-refractivity contribution in [1.29, 1.82) is 0 Å². The zero-order valence-corrected chi connectivity index (χ0v) is 10.3. The molecule has 6 heteroatoms. The molecule has 0 aliphatic heterocycles. The number of pyridine rings is 1. The van der Waals surface area contributed by atoms with Gasteiger partial charge in [0.25, 0.3) is 0 Å². The van der Waals surface area contributed by atoms with Crippen molar-refractivity contribution in [2.24, 2.45) is 0 Å². The van der Waals surface area contributed by atoms with Crippen molar-refractivity contribution in [2.45, 2.75) is 12.8 Å². The monoisotopic (exact) mass is 258 g/mol. The van der Waals surface area contributed by atoms with Gasteiger partial charge >= 0.3 is 0 Å². The first-order valence-electron chi connectivity index (χ1n) is 5.94.